The monoisotopic (exact) mass is 512 g/mol. The Balaban J connectivity index is 0.00000300. The van der Waals surface area contributed by atoms with Gasteiger partial charge < -0.3 is 19.8 Å². The maximum atomic E-state index is 5.41. The van der Waals surface area contributed by atoms with E-state index in [0.29, 0.717) is 6.54 Å². The lowest BCUT2D eigenvalue weighted by Gasteiger charge is -2.26. The van der Waals surface area contributed by atoms with Crippen molar-refractivity contribution in [1.29, 1.82) is 0 Å². The number of hydrogen-bond donors (Lipinski definition) is 2. The van der Waals surface area contributed by atoms with Crippen LogP contribution in [-0.4, -0.2) is 56.8 Å². The lowest BCUT2D eigenvalue weighted by atomic mass is 10.1. The number of aliphatic imine (C=N–C) groups is 1. The number of ether oxygens (including phenoxy) is 1. The highest BCUT2D eigenvalue weighted by Gasteiger charge is 2.09. The maximum absolute atomic E-state index is 5.41. The molecule has 0 saturated carbocycles. The van der Waals surface area contributed by atoms with Crippen LogP contribution in [0.15, 0.2) is 52.1 Å². The number of rotatable bonds is 9. The molecule has 0 spiro atoms. The van der Waals surface area contributed by atoms with Crippen LogP contribution in [0.4, 0.5) is 0 Å². The Bertz CT molecular complexity index is 715. The van der Waals surface area contributed by atoms with Crippen molar-refractivity contribution < 1.29 is 9.15 Å². The van der Waals surface area contributed by atoms with Crippen molar-refractivity contribution in [2.75, 3.05) is 45.9 Å². The van der Waals surface area contributed by atoms with Gasteiger partial charge in [-0.15, -0.1) is 24.0 Å². The number of furan rings is 1. The van der Waals surface area contributed by atoms with E-state index in [1.165, 1.54) is 11.1 Å². The normalized spacial score (nSPS) is 15.0. The first-order chi connectivity index (χ1) is 13.8. The standard InChI is InChI=1S/C22H32N4O2.HI/c1-19-5-2-6-20(17-19)18-25-22(24-10-8-21-7-3-14-28-21)23-9-4-11-26-12-15-27-16-13-26;/h2-3,5-7,14,17H,4,8-13,15-16,18H2,1H3,(H2,23,24,25);1H. The molecule has 7 heteroatoms. The van der Waals surface area contributed by atoms with Gasteiger partial charge in [0.1, 0.15) is 5.76 Å². The molecule has 6 nitrogen and oxygen atoms in total. The predicted octanol–water partition coefficient (Wildman–Crippen LogP) is 3.21. The van der Waals surface area contributed by atoms with Gasteiger partial charge in [-0.1, -0.05) is 29.8 Å². The minimum atomic E-state index is 0. The number of benzene rings is 1. The first-order valence-corrected chi connectivity index (χ1v) is 10.2. The van der Waals surface area contributed by atoms with Crippen LogP contribution in [0.5, 0.6) is 0 Å². The Labute approximate surface area is 191 Å². The van der Waals surface area contributed by atoms with E-state index in [1.807, 2.05) is 12.1 Å². The van der Waals surface area contributed by atoms with E-state index >= 15 is 0 Å². The number of halogens is 1. The molecule has 2 aromatic rings. The van der Waals surface area contributed by atoms with E-state index in [4.69, 9.17) is 14.1 Å². The Morgan fingerprint density at radius 3 is 2.69 bits per heavy atom. The molecule has 0 radical (unpaired) electrons. The largest absolute Gasteiger partial charge is 0.469 e. The first kappa shape index (κ1) is 23.7. The van der Waals surface area contributed by atoms with Crippen LogP contribution < -0.4 is 10.6 Å². The fourth-order valence-electron chi connectivity index (χ4n) is 3.25. The van der Waals surface area contributed by atoms with Gasteiger partial charge in [0.2, 0.25) is 0 Å². The van der Waals surface area contributed by atoms with Crippen molar-refractivity contribution >= 4 is 29.9 Å². The van der Waals surface area contributed by atoms with Crippen molar-refractivity contribution in [2.45, 2.75) is 26.3 Å². The van der Waals surface area contributed by atoms with Gasteiger partial charge >= 0.3 is 0 Å². The predicted molar refractivity (Wildman–Crippen MR) is 128 cm³/mol. The van der Waals surface area contributed by atoms with E-state index in [-0.39, 0.29) is 24.0 Å². The van der Waals surface area contributed by atoms with Crippen molar-refractivity contribution in [1.82, 2.24) is 15.5 Å². The van der Waals surface area contributed by atoms with Crippen LogP contribution in [0, 0.1) is 6.92 Å². The second-order valence-electron chi connectivity index (χ2n) is 7.14. The van der Waals surface area contributed by atoms with E-state index in [0.717, 1.165) is 70.5 Å². The number of nitrogens with zero attached hydrogens (tertiary/aromatic N) is 2. The number of morpholine rings is 1. The van der Waals surface area contributed by atoms with Gasteiger partial charge in [-0.2, -0.15) is 0 Å². The second kappa shape index (κ2) is 13.6. The van der Waals surface area contributed by atoms with Crippen LogP contribution in [-0.2, 0) is 17.7 Å². The minimum Gasteiger partial charge on any atom is -0.469 e. The quantitative estimate of drug-likeness (QED) is 0.234. The van der Waals surface area contributed by atoms with Crippen LogP contribution >= 0.6 is 24.0 Å². The molecule has 0 aliphatic carbocycles. The topological polar surface area (TPSA) is 62.0 Å². The molecular formula is C22H33IN4O2. The third-order valence-corrected chi connectivity index (χ3v) is 4.79. The van der Waals surface area contributed by atoms with Gasteiger partial charge in [-0.05, 0) is 37.6 Å². The van der Waals surface area contributed by atoms with Crippen LogP contribution in [0.1, 0.15) is 23.3 Å². The number of aryl methyl sites for hydroxylation is 1. The highest BCUT2D eigenvalue weighted by atomic mass is 127. The lowest BCUT2D eigenvalue weighted by Crippen LogP contribution is -2.41. The van der Waals surface area contributed by atoms with Crippen molar-refractivity contribution in [2.24, 2.45) is 4.99 Å². The molecule has 1 saturated heterocycles. The zero-order valence-corrected chi connectivity index (χ0v) is 19.6. The molecule has 1 aromatic heterocycles. The fraction of sp³-hybridized carbons (Fsp3) is 0.500. The Kier molecular flexibility index (Phi) is 11.1. The maximum Gasteiger partial charge on any atom is 0.191 e. The molecule has 2 heterocycles. The lowest BCUT2D eigenvalue weighted by molar-refractivity contribution is 0.0376. The SMILES string of the molecule is Cc1cccc(CN=C(NCCCN2CCOCC2)NCCc2ccco2)c1.I. The van der Waals surface area contributed by atoms with E-state index < -0.39 is 0 Å². The summed E-state index contributed by atoms with van der Waals surface area (Å²) in [7, 11) is 0. The third kappa shape index (κ3) is 9.18. The highest BCUT2D eigenvalue weighted by molar-refractivity contribution is 14.0. The summed E-state index contributed by atoms with van der Waals surface area (Å²) < 4.78 is 10.8. The Morgan fingerprint density at radius 2 is 1.93 bits per heavy atom. The Morgan fingerprint density at radius 1 is 1.10 bits per heavy atom. The van der Waals surface area contributed by atoms with Crippen molar-refractivity contribution in [3.63, 3.8) is 0 Å². The van der Waals surface area contributed by atoms with Crippen molar-refractivity contribution in [3.8, 4) is 0 Å². The molecule has 0 atom stereocenters. The third-order valence-electron chi connectivity index (χ3n) is 4.79. The smallest absolute Gasteiger partial charge is 0.191 e. The van der Waals surface area contributed by atoms with Gasteiger partial charge in [0.05, 0.1) is 26.0 Å². The molecular weight excluding hydrogens is 479 g/mol. The molecule has 1 aromatic carbocycles. The number of hydrogen-bond acceptors (Lipinski definition) is 4. The van der Waals surface area contributed by atoms with Gasteiger partial charge in [0.25, 0.3) is 0 Å². The summed E-state index contributed by atoms with van der Waals surface area (Å²) in [6.45, 7) is 9.34. The molecule has 2 N–H and O–H groups in total. The summed E-state index contributed by atoms with van der Waals surface area (Å²) in [6.07, 6.45) is 3.64. The first-order valence-electron chi connectivity index (χ1n) is 10.2. The molecule has 1 aliphatic rings. The molecule has 160 valence electrons. The second-order valence-corrected chi connectivity index (χ2v) is 7.14. The molecule has 1 aliphatic heterocycles. The van der Waals surface area contributed by atoms with Gasteiger partial charge in [0.15, 0.2) is 5.96 Å². The summed E-state index contributed by atoms with van der Waals surface area (Å²) in [5, 5.41) is 6.90. The van der Waals surface area contributed by atoms with Crippen LogP contribution in [0.2, 0.25) is 0 Å². The zero-order valence-electron chi connectivity index (χ0n) is 17.2. The van der Waals surface area contributed by atoms with Crippen LogP contribution in [0.25, 0.3) is 0 Å². The molecule has 1 fully saturated rings. The Hall–Kier alpha value is -1.58. The average Bonchev–Trinajstić information content (AvgIpc) is 3.23. The minimum absolute atomic E-state index is 0. The van der Waals surface area contributed by atoms with Gasteiger partial charge in [0, 0.05) is 32.6 Å². The fourth-order valence-corrected chi connectivity index (χ4v) is 3.25. The van der Waals surface area contributed by atoms with E-state index in [1.54, 1.807) is 6.26 Å². The summed E-state index contributed by atoms with van der Waals surface area (Å²) in [5.41, 5.74) is 2.49. The molecule has 0 bridgehead atoms. The van der Waals surface area contributed by atoms with Gasteiger partial charge in [-0.3, -0.25) is 4.90 Å². The zero-order chi connectivity index (χ0) is 19.4. The number of guanidine groups is 1. The summed E-state index contributed by atoms with van der Waals surface area (Å²) in [4.78, 5) is 7.23. The van der Waals surface area contributed by atoms with Crippen LogP contribution in [0.3, 0.4) is 0 Å². The summed E-state index contributed by atoms with van der Waals surface area (Å²) in [5.74, 6) is 1.84. The average molecular weight is 512 g/mol. The van der Waals surface area contributed by atoms with Crippen molar-refractivity contribution in [3.05, 3.63) is 59.5 Å². The molecule has 29 heavy (non-hydrogen) atoms. The summed E-state index contributed by atoms with van der Waals surface area (Å²) in [6, 6.07) is 12.4. The molecule has 0 amide bonds. The van der Waals surface area contributed by atoms with Gasteiger partial charge in [-0.25, -0.2) is 4.99 Å². The van der Waals surface area contributed by atoms with E-state index in [2.05, 4.69) is 46.7 Å². The summed E-state index contributed by atoms with van der Waals surface area (Å²) >= 11 is 0. The van der Waals surface area contributed by atoms with E-state index in [9.17, 15) is 0 Å². The molecule has 0 unspecified atom stereocenters. The number of nitrogens with one attached hydrogen (secondary N) is 2. The highest BCUT2D eigenvalue weighted by Crippen LogP contribution is 2.05. The molecule has 3 rings (SSSR count).